The molecule has 1 atom stereocenters. The number of halogens is 4. The van der Waals surface area contributed by atoms with Gasteiger partial charge in [0.15, 0.2) is 0 Å². The second kappa shape index (κ2) is 8.58. The van der Waals surface area contributed by atoms with Crippen molar-refractivity contribution in [2.45, 2.75) is 30.0 Å². The number of hydrogen-bond acceptors (Lipinski definition) is 5. The lowest BCUT2D eigenvalue weighted by Gasteiger charge is -2.18. The zero-order chi connectivity index (χ0) is 23.0. The standard InChI is InChI=1S/C19H17ClF3N3O4S/c20-15-6-3-12(9-14(15)19(21,22)23)26-17(27)10-16(18(26)28)25-8-7-11-1-4-13(5-2-11)31(24,29)30/h1-6,9,16,25H,7-8,10H2,(H2,24,29,30)/t16-/m1/s1. The Kier molecular flexibility index (Phi) is 6.42. The van der Waals surface area contributed by atoms with E-state index in [-0.39, 0.29) is 23.5 Å². The van der Waals surface area contributed by atoms with E-state index in [0.29, 0.717) is 17.4 Å². The molecule has 12 heteroatoms. The molecule has 1 aliphatic heterocycles. The molecular weight excluding hydrogens is 459 g/mol. The zero-order valence-electron chi connectivity index (χ0n) is 15.8. The lowest BCUT2D eigenvalue weighted by atomic mass is 10.1. The van der Waals surface area contributed by atoms with E-state index in [2.05, 4.69) is 5.32 Å². The van der Waals surface area contributed by atoms with Gasteiger partial charge in [-0.2, -0.15) is 13.2 Å². The summed E-state index contributed by atoms with van der Waals surface area (Å²) in [7, 11) is -3.80. The smallest absolute Gasteiger partial charge is 0.305 e. The molecule has 0 unspecified atom stereocenters. The number of nitrogens with two attached hydrogens (primary N) is 1. The first kappa shape index (κ1) is 23.2. The fourth-order valence-electron chi connectivity index (χ4n) is 3.17. The van der Waals surface area contributed by atoms with Gasteiger partial charge in [-0.1, -0.05) is 23.7 Å². The highest BCUT2D eigenvalue weighted by molar-refractivity contribution is 7.89. The van der Waals surface area contributed by atoms with Crippen LogP contribution in [-0.4, -0.2) is 32.8 Å². The molecule has 2 amide bonds. The van der Waals surface area contributed by atoms with Gasteiger partial charge in [-0.25, -0.2) is 18.5 Å². The maximum Gasteiger partial charge on any atom is 0.417 e. The van der Waals surface area contributed by atoms with Crippen molar-refractivity contribution in [1.29, 1.82) is 0 Å². The van der Waals surface area contributed by atoms with E-state index in [0.717, 1.165) is 11.6 Å². The maximum atomic E-state index is 13.1. The molecule has 0 radical (unpaired) electrons. The molecule has 3 rings (SSSR count). The SMILES string of the molecule is NS(=O)(=O)c1ccc(CCN[C@@H]2CC(=O)N(c3ccc(Cl)c(C(F)(F)F)c3)C2=O)cc1. The molecule has 31 heavy (non-hydrogen) atoms. The largest absolute Gasteiger partial charge is 0.417 e. The van der Waals surface area contributed by atoms with Gasteiger partial charge in [-0.05, 0) is 48.9 Å². The third kappa shape index (κ3) is 5.24. The number of amides is 2. The van der Waals surface area contributed by atoms with Gasteiger partial charge in [-0.3, -0.25) is 9.59 Å². The Balaban J connectivity index is 1.66. The monoisotopic (exact) mass is 475 g/mol. The van der Waals surface area contributed by atoms with Gasteiger partial charge in [0, 0.05) is 0 Å². The summed E-state index contributed by atoms with van der Waals surface area (Å²) in [5, 5.41) is 7.42. The van der Waals surface area contributed by atoms with Crippen LogP contribution in [0, 0.1) is 0 Å². The highest BCUT2D eigenvalue weighted by Gasteiger charge is 2.41. The van der Waals surface area contributed by atoms with E-state index in [1.807, 2.05) is 0 Å². The third-order valence-electron chi connectivity index (χ3n) is 4.72. The highest BCUT2D eigenvalue weighted by Crippen LogP contribution is 2.37. The summed E-state index contributed by atoms with van der Waals surface area (Å²) in [6.45, 7) is 0.278. The minimum absolute atomic E-state index is 0.0300. The molecule has 0 aliphatic carbocycles. The average molecular weight is 476 g/mol. The Morgan fingerprint density at radius 3 is 2.35 bits per heavy atom. The molecule has 0 spiro atoms. The molecule has 7 nitrogen and oxygen atoms in total. The van der Waals surface area contributed by atoms with Gasteiger partial charge in [-0.15, -0.1) is 0 Å². The van der Waals surface area contributed by atoms with Crippen LogP contribution in [0.25, 0.3) is 0 Å². The van der Waals surface area contributed by atoms with Gasteiger partial charge in [0.2, 0.25) is 15.9 Å². The lowest BCUT2D eigenvalue weighted by molar-refractivity contribution is -0.137. The second-order valence-electron chi connectivity index (χ2n) is 6.88. The highest BCUT2D eigenvalue weighted by atomic mass is 35.5. The number of anilines is 1. The number of carbonyl (C=O) groups is 2. The van der Waals surface area contributed by atoms with Crippen LogP contribution in [0.3, 0.4) is 0 Å². The minimum Gasteiger partial charge on any atom is -0.305 e. The van der Waals surface area contributed by atoms with Crippen molar-refractivity contribution < 1.29 is 31.2 Å². The Labute approximate surface area is 181 Å². The number of primary sulfonamides is 1. The number of imide groups is 1. The van der Waals surface area contributed by atoms with Crippen molar-refractivity contribution in [3.05, 3.63) is 58.6 Å². The third-order valence-corrected chi connectivity index (χ3v) is 5.98. The number of benzene rings is 2. The van der Waals surface area contributed by atoms with Crippen molar-refractivity contribution in [1.82, 2.24) is 5.32 Å². The average Bonchev–Trinajstić information content (AvgIpc) is 2.95. The summed E-state index contributed by atoms with van der Waals surface area (Å²) in [6, 6.07) is 7.82. The van der Waals surface area contributed by atoms with Crippen molar-refractivity contribution in [3.63, 3.8) is 0 Å². The van der Waals surface area contributed by atoms with E-state index in [1.165, 1.54) is 18.2 Å². The molecule has 1 heterocycles. The molecule has 2 aromatic carbocycles. The van der Waals surface area contributed by atoms with Crippen molar-refractivity contribution in [2.24, 2.45) is 5.14 Å². The Morgan fingerprint density at radius 2 is 1.77 bits per heavy atom. The quantitative estimate of drug-likeness (QED) is 0.624. The molecule has 2 aromatic rings. The van der Waals surface area contributed by atoms with Crippen LogP contribution >= 0.6 is 11.6 Å². The van der Waals surface area contributed by atoms with Gasteiger partial charge < -0.3 is 5.32 Å². The zero-order valence-corrected chi connectivity index (χ0v) is 17.4. The van der Waals surface area contributed by atoms with Gasteiger partial charge in [0.25, 0.3) is 5.91 Å². The van der Waals surface area contributed by atoms with Crippen molar-refractivity contribution in [2.75, 3.05) is 11.4 Å². The van der Waals surface area contributed by atoms with Crippen LogP contribution < -0.4 is 15.4 Å². The molecule has 3 N–H and O–H groups in total. The van der Waals surface area contributed by atoms with E-state index in [1.54, 1.807) is 12.1 Å². The van der Waals surface area contributed by atoms with E-state index >= 15 is 0 Å². The van der Waals surface area contributed by atoms with Crippen LogP contribution in [0.5, 0.6) is 0 Å². The van der Waals surface area contributed by atoms with Crippen molar-refractivity contribution >= 4 is 39.1 Å². The molecular formula is C19H17ClF3N3O4S. The summed E-state index contributed by atoms with van der Waals surface area (Å²) in [5.74, 6) is -1.29. The fourth-order valence-corrected chi connectivity index (χ4v) is 3.91. The van der Waals surface area contributed by atoms with E-state index in [9.17, 15) is 31.2 Å². The number of nitrogens with zero attached hydrogens (tertiary/aromatic N) is 1. The number of hydrogen-bond donors (Lipinski definition) is 2. The number of alkyl halides is 3. The number of carbonyl (C=O) groups excluding carboxylic acids is 2. The van der Waals surface area contributed by atoms with Crippen molar-refractivity contribution in [3.8, 4) is 0 Å². The van der Waals surface area contributed by atoms with Crippen LogP contribution in [0.1, 0.15) is 17.5 Å². The van der Waals surface area contributed by atoms with Crippen LogP contribution in [0.15, 0.2) is 47.4 Å². The topological polar surface area (TPSA) is 110 Å². The van der Waals surface area contributed by atoms with E-state index < -0.39 is 44.6 Å². The minimum atomic E-state index is -4.73. The maximum absolute atomic E-state index is 13.1. The Bertz CT molecular complexity index is 1120. The molecule has 1 aliphatic rings. The number of rotatable bonds is 6. The summed E-state index contributed by atoms with van der Waals surface area (Å²) in [6.07, 6.45) is -4.51. The fraction of sp³-hybridized carbons (Fsp3) is 0.263. The normalized spacial score (nSPS) is 17.5. The Morgan fingerprint density at radius 1 is 1.13 bits per heavy atom. The summed E-state index contributed by atoms with van der Waals surface area (Å²) in [4.78, 5) is 25.6. The molecule has 1 saturated heterocycles. The lowest BCUT2D eigenvalue weighted by Crippen LogP contribution is -2.39. The first-order valence-electron chi connectivity index (χ1n) is 8.96. The number of sulfonamides is 1. The predicted molar refractivity (Wildman–Crippen MR) is 107 cm³/mol. The molecule has 0 aromatic heterocycles. The summed E-state index contributed by atoms with van der Waals surface area (Å²) >= 11 is 5.59. The second-order valence-corrected chi connectivity index (χ2v) is 8.85. The summed E-state index contributed by atoms with van der Waals surface area (Å²) < 4.78 is 61.8. The van der Waals surface area contributed by atoms with Gasteiger partial charge in [0.1, 0.15) is 0 Å². The van der Waals surface area contributed by atoms with Crippen LogP contribution in [-0.2, 0) is 32.2 Å². The van der Waals surface area contributed by atoms with E-state index in [4.69, 9.17) is 16.7 Å². The molecule has 0 bridgehead atoms. The van der Waals surface area contributed by atoms with Crippen LogP contribution in [0.2, 0.25) is 5.02 Å². The van der Waals surface area contributed by atoms with Gasteiger partial charge >= 0.3 is 6.18 Å². The molecule has 166 valence electrons. The molecule has 0 saturated carbocycles. The van der Waals surface area contributed by atoms with Gasteiger partial charge in [0.05, 0.1) is 33.6 Å². The number of nitrogens with one attached hydrogen (secondary N) is 1. The van der Waals surface area contributed by atoms with Crippen LogP contribution in [0.4, 0.5) is 18.9 Å². The first-order chi connectivity index (χ1) is 14.4. The predicted octanol–water partition coefficient (Wildman–Crippen LogP) is 2.47. The summed E-state index contributed by atoms with van der Waals surface area (Å²) in [5.41, 5.74) is -0.567. The molecule has 1 fully saturated rings. The first-order valence-corrected chi connectivity index (χ1v) is 10.9. The Hall–Kier alpha value is -2.47.